The Hall–Kier alpha value is -2.64. The molecule has 162 valence electrons. The van der Waals surface area contributed by atoms with E-state index >= 15 is 0 Å². The molecule has 2 aromatic carbocycles. The molecule has 2 aliphatic heterocycles. The van der Waals surface area contributed by atoms with Gasteiger partial charge in [-0.3, -0.25) is 0 Å². The summed E-state index contributed by atoms with van der Waals surface area (Å²) in [7, 11) is 8.13. The van der Waals surface area contributed by atoms with E-state index in [1.54, 1.807) is 35.5 Å². The molecule has 0 spiro atoms. The zero-order valence-electron chi connectivity index (χ0n) is 18.0. The first-order valence-corrected chi connectivity index (χ1v) is 9.89. The molecule has 0 N–H and O–H groups in total. The first-order valence-electron chi connectivity index (χ1n) is 9.89. The number of hydrogen-bond donors (Lipinski definition) is 0. The first kappa shape index (κ1) is 20.6. The second kappa shape index (κ2) is 8.62. The van der Waals surface area contributed by atoms with Crippen LogP contribution < -0.4 is 23.7 Å². The van der Waals surface area contributed by atoms with E-state index in [1.807, 2.05) is 30.3 Å². The molecule has 0 saturated carbocycles. The van der Waals surface area contributed by atoms with Crippen molar-refractivity contribution in [2.45, 2.75) is 12.2 Å². The summed E-state index contributed by atoms with van der Waals surface area (Å²) in [4.78, 5) is 0. The summed E-state index contributed by atoms with van der Waals surface area (Å²) in [6, 6.07) is 9.77. The molecule has 2 fully saturated rings. The molecule has 2 heterocycles. The maximum Gasteiger partial charge on any atom is 0.203 e. The molecule has 4 rings (SSSR count). The molecule has 2 aliphatic rings. The highest BCUT2D eigenvalue weighted by Crippen LogP contribution is 2.52. The Bertz CT molecular complexity index is 850. The summed E-state index contributed by atoms with van der Waals surface area (Å²) in [5.41, 5.74) is 2.03. The van der Waals surface area contributed by atoms with Crippen molar-refractivity contribution in [3.63, 3.8) is 0 Å². The van der Waals surface area contributed by atoms with Gasteiger partial charge >= 0.3 is 0 Å². The second-order valence-corrected chi connectivity index (χ2v) is 7.44. The fourth-order valence-electron chi connectivity index (χ4n) is 4.49. The van der Waals surface area contributed by atoms with Crippen molar-refractivity contribution in [2.24, 2.45) is 11.8 Å². The monoisotopic (exact) mass is 416 g/mol. The van der Waals surface area contributed by atoms with Crippen molar-refractivity contribution in [3.8, 4) is 28.7 Å². The van der Waals surface area contributed by atoms with Gasteiger partial charge in [-0.05, 0) is 35.4 Å². The quantitative estimate of drug-likeness (QED) is 0.680. The smallest absolute Gasteiger partial charge is 0.203 e. The van der Waals surface area contributed by atoms with Gasteiger partial charge in [0.2, 0.25) is 5.75 Å². The lowest BCUT2D eigenvalue weighted by Gasteiger charge is -2.20. The van der Waals surface area contributed by atoms with Crippen LogP contribution in [0.25, 0.3) is 0 Å². The summed E-state index contributed by atoms with van der Waals surface area (Å²) < 4.78 is 39.8. The Morgan fingerprint density at radius 2 is 1.07 bits per heavy atom. The van der Waals surface area contributed by atoms with Crippen molar-refractivity contribution in [3.05, 3.63) is 41.5 Å². The van der Waals surface area contributed by atoms with Crippen LogP contribution in [0.1, 0.15) is 23.3 Å². The van der Waals surface area contributed by atoms with Crippen molar-refractivity contribution < 1.29 is 33.2 Å². The highest BCUT2D eigenvalue weighted by atomic mass is 16.5. The second-order valence-electron chi connectivity index (χ2n) is 7.44. The topological polar surface area (TPSA) is 64.6 Å². The lowest BCUT2D eigenvalue weighted by Crippen LogP contribution is -2.15. The Kier molecular flexibility index (Phi) is 5.92. The molecule has 0 aliphatic carbocycles. The number of hydrogen-bond acceptors (Lipinski definition) is 7. The van der Waals surface area contributed by atoms with E-state index in [1.165, 1.54) is 0 Å². The van der Waals surface area contributed by atoms with Gasteiger partial charge < -0.3 is 33.2 Å². The molecule has 7 heteroatoms. The third-order valence-corrected chi connectivity index (χ3v) is 5.98. The molecule has 0 radical (unpaired) electrons. The van der Waals surface area contributed by atoms with Gasteiger partial charge in [0, 0.05) is 17.9 Å². The predicted molar refractivity (Wildman–Crippen MR) is 110 cm³/mol. The van der Waals surface area contributed by atoms with E-state index in [4.69, 9.17) is 33.2 Å². The van der Waals surface area contributed by atoms with E-state index in [2.05, 4.69) is 0 Å². The minimum Gasteiger partial charge on any atom is -0.497 e. The standard InChI is InChI=1S/C23H28O7/c1-24-15-6-13(7-16(10-15)25-2)21-17-11-30-22(18(17)12-29-21)14-8-19(26-3)23(28-5)20(9-14)27-4/h6-10,17-18,21-22H,11-12H2,1-5H3/t17-,18-,21+,22-/m0/s1. The van der Waals surface area contributed by atoms with Crippen LogP contribution in [-0.2, 0) is 9.47 Å². The molecular formula is C23H28O7. The van der Waals surface area contributed by atoms with E-state index in [-0.39, 0.29) is 24.0 Å². The minimum atomic E-state index is -0.110. The fourth-order valence-corrected chi connectivity index (χ4v) is 4.49. The SMILES string of the molecule is COc1cc(OC)cc([C@H]2OC[C@H]3[C@@H]2CO[C@H]3c2cc(OC)c(OC)c(OC)c2)c1. The van der Waals surface area contributed by atoms with Crippen molar-refractivity contribution in [2.75, 3.05) is 48.8 Å². The molecule has 7 nitrogen and oxygen atoms in total. The number of fused-ring (bicyclic) bond motifs is 1. The van der Waals surface area contributed by atoms with Crippen LogP contribution >= 0.6 is 0 Å². The third kappa shape index (κ3) is 3.52. The molecule has 2 saturated heterocycles. The van der Waals surface area contributed by atoms with Gasteiger partial charge in [-0.15, -0.1) is 0 Å². The van der Waals surface area contributed by atoms with Crippen molar-refractivity contribution in [1.82, 2.24) is 0 Å². The number of rotatable bonds is 7. The predicted octanol–water partition coefficient (Wildman–Crippen LogP) is 3.80. The molecule has 2 aromatic rings. The highest BCUT2D eigenvalue weighted by molar-refractivity contribution is 5.54. The summed E-state index contributed by atoms with van der Waals surface area (Å²) in [6.45, 7) is 1.21. The third-order valence-electron chi connectivity index (χ3n) is 5.98. The van der Waals surface area contributed by atoms with Crippen LogP contribution in [0.2, 0.25) is 0 Å². The Morgan fingerprint density at radius 1 is 0.600 bits per heavy atom. The van der Waals surface area contributed by atoms with E-state index in [0.717, 1.165) is 22.6 Å². The van der Waals surface area contributed by atoms with E-state index < -0.39 is 0 Å². The Morgan fingerprint density at radius 3 is 1.47 bits per heavy atom. The van der Waals surface area contributed by atoms with Gasteiger partial charge in [0.25, 0.3) is 0 Å². The zero-order chi connectivity index (χ0) is 21.3. The molecule has 4 atom stereocenters. The lowest BCUT2D eigenvalue weighted by atomic mass is 9.84. The van der Waals surface area contributed by atoms with Gasteiger partial charge in [0.1, 0.15) is 11.5 Å². The van der Waals surface area contributed by atoms with Crippen LogP contribution in [0.5, 0.6) is 28.7 Å². The van der Waals surface area contributed by atoms with Crippen LogP contribution in [0, 0.1) is 11.8 Å². The van der Waals surface area contributed by atoms with Gasteiger partial charge in [-0.25, -0.2) is 0 Å². The molecule has 0 unspecified atom stereocenters. The maximum absolute atomic E-state index is 6.25. The maximum atomic E-state index is 6.25. The Labute approximate surface area is 176 Å². The normalized spacial score (nSPS) is 25.0. The Balaban J connectivity index is 1.62. The summed E-state index contributed by atoms with van der Waals surface area (Å²) in [5, 5.41) is 0. The molecule has 0 amide bonds. The first-order chi connectivity index (χ1) is 14.6. The van der Waals surface area contributed by atoms with Crippen molar-refractivity contribution in [1.29, 1.82) is 0 Å². The van der Waals surface area contributed by atoms with E-state index in [0.29, 0.717) is 30.5 Å². The van der Waals surface area contributed by atoms with Crippen LogP contribution in [0.4, 0.5) is 0 Å². The van der Waals surface area contributed by atoms with Gasteiger partial charge in [-0.1, -0.05) is 0 Å². The van der Waals surface area contributed by atoms with Crippen molar-refractivity contribution >= 4 is 0 Å². The molecule has 0 bridgehead atoms. The zero-order valence-corrected chi connectivity index (χ0v) is 18.0. The summed E-state index contributed by atoms with van der Waals surface area (Å²) in [5.74, 6) is 3.75. The average molecular weight is 416 g/mol. The highest BCUT2D eigenvalue weighted by Gasteiger charge is 2.48. The minimum absolute atomic E-state index is 0.0777. The fraction of sp³-hybridized carbons (Fsp3) is 0.478. The summed E-state index contributed by atoms with van der Waals surface area (Å²) in [6.07, 6.45) is -0.188. The molecular weight excluding hydrogens is 388 g/mol. The number of benzene rings is 2. The number of methoxy groups -OCH3 is 5. The van der Waals surface area contributed by atoms with Crippen LogP contribution in [0.15, 0.2) is 30.3 Å². The molecule has 0 aromatic heterocycles. The number of ether oxygens (including phenoxy) is 7. The largest absolute Gasteiger partial charge is 0.497 e. The van der Waals surface area contributed by atoms with E-state index in [9.17, 15) is 0 Å². The molecule has 30 heavy (non-hydrogen) atoms. The van der Waals surface area contributed by atoms with Crippen LogP contribution in [-0.4, -0.2) is 48.8 Å². The van der Waals surface area contributed by atoms with Gasteiger partial charge in [0.15, 0.2) is 11.5 Å². The summed E-state index contributed by atoms with van der Waals surface area (Å²) >= 11 is 0. The lowest BCUT2D eigenvalue weighted by molar-refractivity contribution is 0.0190. The van der Waals surface area contributed by atoms with Gasteiger partial charge in [-0.2, -0.15) is 0 Å². The average Bonchev–Trinajstić information content (AvgIpc) is 3.39. The van der Waals surface area contributed by atoms with Gasteiger partial charge in [0.05, 0.1) is 61.0 Å². The van der Waals surface area contributed by atoms with Crippen LogP contribution in [0.3, 0.4) is 0 Å².